The smallest absolute Gasteiger partial charge is 0.273 e. The molecular formula is C16H13ClN2O2S. The van der Waals surface area contributed by atoms with E-state index in [1.54, 1.807) is 29.7 Å². The van der Waals surface area contributed by atoms with Gasteiger partial charge in [-0.05, 0) is 29.8 Å². The summed E-state index contributed by atoms with van der Waals surface area (Å²) in [5.74, 6) is 0.549. The molecule has 1 aromatic carbocycles. The van der Waals surface area contributed by atoms with Gasteiger partial charge in [0.05, 0.1) is 6.26 Å². The van der Waals surface area contributed by atoms with Crippen LogP contribution in [0.4, 0.5) is 0 Å². The predicted molar refractivity (Wildman–Crippen MR) is 87.1 cm³/mol. The quantitative estimate of drug-likeness (QED) is 0.714. The van der Waals surface area contributed by atoms with Crippen LogP contribution < -0.4 is 0 Å². The van der Waals surface area contributed by atoms with Crippen molar-refractivity contribution in [2.75, 3.05) is 7.05 Å². The second-order valence-electron chi connectivity index (χ2n) is 4.80. The summed E-state index contributed by atoms with van der Waals surface area (Å²) in [4.78, 5) is 18.4. The summed E-state index contributed by atoms with van der Waals surface area (Å²) >= 11 is 7.25. The van der Waals surface area contributed by atoms with Crippen molar-refractivity contribution in [2.24, 2.45) is 0 Å². The maximum Gasteiger partial charge on any atom is 0.273 e. The van der Waals surface area contributed by atoms with Gasteiger partial charge in [-0.3, -0.25) is 4.79 Å². The third-order valence-electron chi connectivity index (χ3n) is 3.13. The van der Waals surface area contributed by atoms with Crippen LogP contribution in [0.2, 0.25) is 5.02 Å². The molecule has 2 aromatic heterocycles. The molecule has 0 radical (unpaired) electrons. The van der Waals surface area contributed by atoms with E-state index in [2.05, 4.69) is 4.98 Å². The summed E-state index contributed by atoms with van der Waals surface area (Å²) in [6, 6.07) is 11.1. The van der Waals surface area contributed by atoms with E-state index in [1.807, 2.05) is 30.3 Å². The lowest BCUT2D eigenvalue weighted by Crippen LogP contribution is -2.26. The van der Waals surface area contributed by atoms with Crippen molar-refractivity contribution in [2.45, 2.75) is 6.54 Å². The number of carbonyl (C=O) groups excluding carboxylic acids is 1. The molecule has 0 aliphatic carbocycles. The third kappa shape index (κ3) is 3.21. The Morgan fingerprint density at radius 3 is 2.77 bits per heavy atom. The summed E-state index contributed by atoms with van der Waals surface area (Å²) < 4.78 is 5.29. The van der Waals surface area contributed by atoms with Gasteiger partial charge in [0.25, 0.3) is 5.91 Å². The Morgan fingerprint density at radius 1 is 1.32 bits per heavy atom. The number of nitrogens with zero attached hydrogens (tertiary/aromatic N) is 2. The molecule has 0 N–H and O–H groups in total. The number of amides is 1. The SMILES string of the molecule is CN(Cc1ccc(Cl)cc1)C(=O)c1csc(-c2ccco2)n1. The van der Waals surface area contributed by atoms with Crippen molar-refractivity contribution < 1.29 is 9.21 Å². The first kappa shape index (κ1) is 14.8. The number of rotatable bonds is 4. The van der Waals surface area contributed by atoms with Crippen molar-refractivity contribution in [3.05, 3.63) is 64.3 Å². The van der Waals surface area contributed by atoms with Gasteiger partial charge in [-0.1, -0.05) is 23.7 Å². The Morgan fingerprint density at radius 2 is 2.09 bits per heavy atom. The van der Waals surface area contributed by atoms with Gasteiger partial charge in [0, 0.05) is 24.0 Å². The Balaban J connectivity index is 1.72. The number of hydrogen-bond acceptors (Lipinski definition) is 4. The summed E-state index contributed by atoms with van der Waals surface area (Å²) in [5.41, 5.74) is 1.44. The molecule has 2 heterocycles. The molecule has 0 aliphatic heterocycles. The molecule has 0 unspecified atom stereocenters. The molecule has 0 aliphatic rings. The first-order valence-corrected chi connectivity index (χ1v) is 7.88. The van der Waals surface area contributed by atoms with E-state index in [1.165, 1.54) is 11.3 Å². The lowest BCUT2D eigenvalue weighted by atomic mass is 10.2. The number of carbonyl (C=O) groups is 1. The zero-order chi connectivity index (χ0) is 15.5. The van der Waals surface area contributed by atoms with Crippen molar-refractivity contribution in [3.8, 4) is 10.8 Å². The van der Waals surface area contributed by atoms with Crippen molar-refractivity contribution >= 4 is 28.8 Å². The van der Waals surface area contributed by atoms with Gasteiger partial charge in [0.15, 0.2) is 10.8 Å². The molecule has 6 heteroatoms. The monoisotopic (exact) mass is 332 g/mol. The number of thiazole rings is 1. The van der Waals surface area contributed by atoms with Gasteiger partial charge in [-0.2, -0.15) is 0 Å². The van der Waals surface area contributed by atoms with E-state index in [-0.39, 0.29) is 5.91 Å². The lowest BCUT2D eigenvalue weighted by molar-refractivity contribution is 0.0780. The standard InChI is InChI=1S/C16H13ClN2O2S/c1-19(9-11-4-6-12(17)7-5-11)16(20)13-10-22-15(18-13)14-3-2-8-21-14/h2-8,10H,9H2,1H3. The molecule has 3 rings (SSSR count). The van der Waals surface area contributed by atoms with Crippen LogP contribution >= 0.6 is 22.9 Å². The van der Waals surface area contributed by atoms with E-state index in [0.29, 0.717) is 28.0 Å². The summed E-state index contributed by atoms with van der Waals surface area (Å²) in [7, 11) is 1.75. The van der Waals surface area contributed by atoms with E-state index >= 15 is 0 Å². The number of halogens is 1. The molecule has 0 fully saturated rings. The average molecular weight is 333 g/mol. The summed E-state index contributed by atoms with van der Waals surface area (Å²) in [5, 5.41) is 3.13. The van der Waals surface area contributed by atoms with Crippen LogP contribution in [-0.4, -0.2) is 22.8 Å². The fourth-order valence-corrected chi connectivity index (χ4v) is 2.90. The highest BCUT2D eigenvalue weighted by atomic mass is 35.5. The Bertz CT molecular complexity index is 766. The minimum Gasteiger partial charge on any atom is -0.462 e. The largest absolute Gasteiger partial charge is 0.462 e. The molecule has 0 spiro atoms. The highest BCUT2D eigenvalue weighted by Crippen LogP contribution is 2.24. The fraction of sp³-hybridized carbons (Fsp3) is 0.125. The normalized spacial score (nSPS) is 10.6. The summed E-state index contributed by atoms with van der Waals surface area (Å²) in [6.07, 6.45) is 1.59. The molecule has 112 valence electrons. The first-order valence-electron chi connectivity index (χ1n) is 6.63. The predicted octanol–water partition coefficient (Wildman–Crippen LogP) is 4.33. The lowest BCUT2D eigenvalue weighted by Gasteiger charge is -2.15. The Labute approximate surface area is 137 Å². The maximum atomic E-state index is 12.4. The van der Waals surface area contributed by atoms with Crippen LogP contribution in [0.25, 0.3) is 10.8 Å². The van der Waals surface area contributed by atoms with Gasteiger partial charge in [-0.15, -0.1) is 11.3 Å². The van der Waals surface area contributed by atoms with E-state index < -0.39 is 0 Å². The van der Waals surface area contributed by atoms with Crippen LogP contribution in [0.1, 0.15) is 16.1 Å². The molecule has 3 aromatic rings. The number of aromatic nitrogens is 1. The van der Waals surface area contributed by atoms with Gasteiger partial charge in [0.1, 0.15) is 5.69 Å². The molecule has 0 saturated heterocycles. The minimum atomic E-state index is -0.121. The second kappa shape index (κ2) is 6.34. The highest BCUT2D eigenvalue weighted by molar-refractivity contribution is 7.13. The zero-order valence-corrected chi connectivity index (χ0v) is 13.4. The number of benzene rings is 1. The topological polar surface area (TPSA) is 46.3 Å². The van der Waals surface area contributed by atoms with Crippen LogP contribution in [-0.2, 0) is 6.54 Å². The van der Waals surface area contributed by atoms with Gasteiger partial charge >= 0.3 is 0 Å². The van der Waals surface area contributed by atoms with E-state index in [0.717, 1.165) is 5.56 Å². The summed E-state index contributed by atoms with van der Waals surface area (Å²) in [6.45, 7) is 0.504. The molecule has 0 saturated carbocycles. The van der Waals surface area contributed by atoms with Crippen LogP contribution in [0.3, 0.4) is 0 Å². The highest BCUT2D eigenvalue weighted by Gasteiger charge is 2.17. The second-order valence-corrected chi connectivity index (χ2v) is 6.10. The van der Waals surface area contributed by atoms with E-state index in [4.69, 9.17) is 16.0 Å². The zero-order valence-electron chi connectivity index (χ0n) is 11.8. The molecule has 0 bridgehead atoms. The third-order valence-corrected chi connectivity index (χ3v) is 4.24. The van der Waals surface area contributed by atoms with Gasteiger partial charge in [0.2, 0.25) is 0 Å². The number of furan rings is 1. The van der Waals surface area contributed by atoms with Gasteiger partial charge in [-0.25, -0.2) is 4.98 Å². The Hall–Kier alpha value is -2.11. The van der Waals surface area contributed by atoms with Crippen LogP contribution in [0, 0.1) is 0 Å². The minimum absolute atomic E-state index is 0.121. The van der Waals surface area contributed by atoms with Crippen LogP contribution in [0.15, 0.2) is 52.5 Å². The van der Waals surface area contributed by atoms with Crippen LogP contribution in [0.5, 0.6) is 0 Å². The molecule has 0 atom stereocenters. The van der Waals surface area contributed by atoms with E-state index in [9.17, 15) is 4.79 Å². The first-order chi connectivity index (χ1) is 10.6. The van der Waals surface area contributed by atoms with Gasteiger partial charge < -0.3 is 9.32 Å². The molecule has 4 nitrogen and oxygen atoms in total. The van der Waals surface area contributed by atoms with Crippen molar-refractivity contribution in [1.29, 1.82) is 0 Å². The van der Waals surface area contributed by atoms with Crippen molar-refractivity contribution in [3.63, 3.8) is 0 Å². The Kier molecular flexibility index (Phi) is 4.27. The van der Waals surface area contributed by atoms with Crippen molar-refractivity contribution in [1.82, 2.24) is 9.88 Å². The maximum absolute atomic E-state index is 12.4. The molecule has 22 heavy (non-hydrogen) atoms. The molecule has 1 amide bonds. The average Bonchev–Trinajstić information content (AvgIpc) is 3.19. The number of hydrogen-bond donors (Lipinski definition) is 0. The molecular weight excluding hydrogens is 320 g/mol. The fourth-order valence-electron chi connectivity index (χ4n) is 2.02.